The van der Waals surface area contributed by atoms with Crippen molar-refractivity contribution in [2.75, 3.05) is 7.11 Å². The zero-order valence-electron chi connectivity index (χ0n) is 15.6. The average molecular weight is 376 g/mol. The van der Waals surface area contributed by atoms with Gasteiger partial charge in [-0.05, 0) is 54.5 Å². The summed E-state index contributed by atoms with van der Waals surface area (Å²) in [5.41, 5.74) is 0.347. The molecular weight excluding hydrogens is 356 g/mol. The number of ketones is 1. The smallest absolute Gasteiger partial charge is 0.339 e. The van der Waals surface area contributed by atoms with Gasteiger partial charge in [-0.2, -0.15) is 0 Å². The highest BCUT2D eigenvalue weighted by Gasteiger charge is 2.46. The van der Waals surface area contributed by atoms with E-state index in [1.165, 1.54) is 31.4 Å². The molecule has 2 aromatic carbocycles. The molecule has 3 rings (SSSR count). The van der Waals surface area contributed by atoms with Gasteiger partial charge in [0.05, 0.1) is 12.7 Å². The van der Waals surface area contributed by atoms with Crippen molar-refractivity contribution in [3.63, 3.8) is 0 Å². The van der Waals surface area contributed by atoms with Crippen molar-refractivity contribution >= 4 is 17.7 Å². The molecule has 1 unspecified atom stereocenters. The molecule has 0 saturated carbocycles. The van der Waals surface area contributed by atoms with Gasteiger partial charge in [0, 0.05) is 0 Å². The van der Waals surface area contributed by atoms with Gasteiger partial charge in [-0.25, -0.2) is 4.79 Å². The van der Waals surface area contributed by atoms with E-state index in [1.807, 2.05) is 19.1 Å². The molecule has 0 N–H and O–H groups in total. The summed E-state index contributed by atoms with van der Waals surface area (Å²) in [7, 11) is 1.28. The van der Waals surface area contributed by atoms with Crippen LogP contribution in [0.4, 0.5) is 0 Å². The summed E-state index contributed by atoms with van der Waals surface area (Å²) in [6.07, 6.45) is 5.49. The van der Waals surface area contributed by atoms with Gasteiger partial charge in [-0.1, -0.05) is 42.5 Å². The van der Waals surface area contributed by atoms with Crippen molar-refractivity contribution in [3.05, 3.63) is 95.6 Å². The number of methoxy groups -OCH3 is 1. The molecule has 0 bridgehead atoms. The van der Waals surface area contributed by atoms with Crippen LogP contribution in [0, 0.1) is 6.92 Å². The van der Waals surface area contributed by atoms with Gasteiger partial charge in [0.2, 0.25) is 0 Å². The highest BCUT2D eigenvalue weighted by Crippen LogP contribution is 2.39. The van der Waals surface area contributed by atoms with E-state index in [2.05, 4.69) is 0 Å². The first-order valence-electron chi connectivity index (χ1n) is 8.81. The molecule has 1 aliphatic carbocycles. The van der Waals surface area contributed by atoms with E-state index in [9.17, 15) is 14.4 Å². The van der Waals surface area contributed by atoms with E-state index in [0.717, 1.165) is 5.56 Å². The second kappa shape index (κ2) is 8.05. The monoisotopic (exact) mass is 376 g/mol. The van der Waals surface area contributed by atoms with Crippen LogP contribution in [0.15, 0.2) is 78.9 Å². The SMILES string of the molecule is COC(=O)C(c1ccccc1C)C1(OC(=O)c2ccccc2)C=CC(=O)C=C1. The fraction of sp³-hybridized carbons (Fsp3) is 0.174. The normalized spacial score (nSPS) is 15.7. The van der Waals surface area contributed by atoms with E-state index in [0.29, 0.717) is 11.1 Å². The number of rotatable bonds is 5. The van der Waals surface area contributed by atoms with Crippen LogP contribution in [0.3, 0.4) is 0 Å². The minimum atomic E-state index is -1.49. The number of ether oxygens (including phenoxy) is 2. The third-order valence-corrected chi connectivity index (χ3v) is 4.68. The van der Waals surface area contributed by atoms with Crippen LogP contribution in [0.5, 0.6) is 0 Å². The molecule has 0 spiro atoms. The van der Waals surface area contributed by atoms with Crippen molar-refractivity contribution < 1.29 is 23.9 Å². The minimum Gasteiger partial charge on any atom is -0.468 e. The Morgan fingerprint density at radius 1 is 0.929 bits per heavy atom. The molecule has 5 nitrogen and oxygen atoms in total. The Kier molecular flexibility index (Phi) is 5.54. The Balaban J connectivity index is 2.12. The van der Waals surface area contributed by atoms with Gasteiger partial charge < -0.3 is 9.47 Å². The van der Waals surface area contributed by atoms with E-state index >= 15 is 0 Å². The summed E-state index contributed by atoms with van der Waals surface area (Å²) in [6.45, 7) is 1.86. The standard InChI is InChI=1S/C23H20O5/c1-16-8-6-7-11-19(16)20(22(26)27-2)23(14-12-18(24)13-15-23)28-21(25)17-9-4-3-5-10-17/h3-15,20H,1-2H3. The number of benzene rings is 2. The summed E-state index contributed by atoms with van der Waals surface area (Å²) < 4.78 is 10.9. The van der Waals surface area contributed by atoms with Crippen molar-refractivity contribution in [3.8, 4) is 0 Å². The van der Waals surface area contributed by atoms with Crippen LogP contribution < -0.4 is 0 Å². The first kappa shape index (κ1) is 19.3. The van der Waals surface area contributed by atoms with E-state index in [-0.39, 0.29) is 5.78 Å². The number of hydrogen-bond donors (Lipinski definition) is 0. The highest BCUT2D eigenvalue weighted by atomic mass is 16.6. The highest BCUT2D eigenvalue weighted by molar-refractivity contribution is 6.01. The number of carbonyl (C=O) groups is 3. The summed E-state index contributed by atoms with van der Waals surface area (Å²) in [5.74, 6) is -2.39. The Bertz CT molecular complexity index is 940. The predicted octanol–water partition coefficient (Wildman–Crippen LogP) is 3.54. The fourth-order valence-corrected chi connectivity index (χ4v) is 3.23. The number of allylic oxidation sites excluding steroid dienone is 2. The van der Waals surface area contributed by atoms with Crippen molar-refractivity contribution in [2.24, 2.45) is 0 Å². The molecule has 2 aromatic rings. The Labute approximate surface area is 163 Å². The zero-order chi connectivity index (χ0) is 20.1. The largest absolute Gasteiger partial charge is 0.468 e. The van der Waals surface area contributed by atoms with Gasteiger partial charge in [0.1, 0.15) is 5.92 Å². The molecule has 0 fully saturated rings. The lowest BCUT2D eigenvalue weighted by atomic mass is 9.77. The van der Waals surface area contributed by atoms with E-state index in [4.69, 9.17) is 9.47 Å². The van der Waals surface area contributed by atoms with Crippen LogP contribution >= 0.6 is 0 Å². The Hall–Kier alpha value is -3.47. The molecule has 28 heavy (non-hydrogen) atoms. The maximum Gasteiger partial charge on any atom is 0.339 e. The maximum atomic E-state index is 12.8. The lowest BCUT2D eigenvalue weighted by Gasteiger charge is -2.35. The van der Waals surface area contributed by atoms with Gasteiger partial charge in [0.15, 0.2) is 11.4 Å². The second-order valence-corrected chi connectivity index (χ2v) is 6.49. The van der Waals surface area contributed by atoms with Crippen LogP contribution in [-0.4, -0.2) is 30.4 Å². The molecule has 142 valence electrons. The van der Waals surface area contributed by atoms with E-state index in [1.54, 1.807) is 42.5 Å². The second-order valence-electron chi connectivity index (χ2n) is 6.49. The van der Waals surface area contributed by atoms with Crippen LogP contribution in [-0.2, 0) is 19.1 Å². The third-order valence-electron chi connectivity index (χ3n) is 4.68. The first-order chi connectivity index (χ1) is 13.5. The molecule has 0 radical (unpaired) electrons. The molecule has 0 saturated heterocycles. The quantitative estimate of drug-likeness (QED) is 0.747. The lowest BCUT2D eigenvalue weighted by Crippen LogP contribution is -2.43. The molecule has 0 heterocycles. The third kappa shape index (κ3) is 3.78. The number of carbonyl (C=O) groups excluding carboxylic acids is 3. The lowest BCUT2D eigenvalue weighted by molar-refractivity contribution is -0.146. The Morgan fingerprint density at radius 2 is 1.54 bits per heavy atom. The Morgan fingerprint density at radius 3 is 2.14 bits per heavy atom. The van der Waals surface area contributed by atoms with Gasteiger partial charge in [-0.15, -0.1) is 0 Å². The molecule has 0 aliphatic heterocycles. The van der Waals surface area contributed by atoms with Gasteiger partial charge >= 0.3 is 11.9 Å². The molecule has 0 amide bonds. The van der Waals surface area contributed by atoms with Gasteiger partial charge in [-0.3, -0.25) is 9.59 Å². The summed E-state index contributed by atoms with van der Waals surface area (Å²) in [4.78, 5) is 37.3. The first-order valence-corrected chi connectivity index (χ1v) is 8.81. The topological polar surface area (TPSA) is 69.7 Å². The number of hydrogen-bond acceptors (Lipinski definition) is 5. The molecule has 1 atom stereocenters. The van der Waals surface area contributed by atoms with Crippen LogP contribution in [0.2, 0.25) is 0 Å². The summed E-state index contributed by atoms with van der Waals surface area (Å²) in [5, 5.41) is 0. The van der Waals surface area contributed by atoms with Crippen molar-refractivity contribution in [1.82, 2.24) is 0 Å². The van der Waals surface area contributed by atoms with E-state index < -0.39 is 23.5 Å². The number of esters is 2. The van der Waals surface area contributed by atoms with Crippen molar-refractivity contribution in [1.29, 1.82) is 0 Å². The average Bonchev–Trinajstić information content (AvgIpc) is 2.72. The minimum absolute atomic E-state index is 0.250. The molecule has 1 aliphatic rings. The molecule has 0 aromatic heterocycles. The van der Waals surface area contributed by atoms with Crippen molar-refractivity contribution in [2.45, 2.75) is 18.4 Å². The predicted molar refractivity (Wildman–Crippen MR) is 104 cm³/mol. The maximum absolute atomic E-state index is 12.8. The van der Waals surface area contributed by atoms with Crippen LogP contribution in [0.1, 0.15) is 27.4 Å². The van der Waals surface area contributed by atoms with Crippen LogP contribution in [0.25, 0.3) is 0 Å². The molecular formula is C23H20O5. The summed E-state index contributed by atoms with van der Waals surface area (Å²) >= 11 is 0. The fourth-order valence-electron chi connectivity index (χ4n) is 3.23. The summed E-state index contributed by atoms with van der Waals surface area (Å²) in [6, 6.07) is 15.8. The molecule has 5 heteroatoms. The van der Waals surface area contributed by atoms with Gasteiger partial charge in [0.25, 0.3) is 0 Å². The number of aryl methyl sites for hydroxylation is 1. The zero-order valence-corrected chi connectivity index (χ0v) is 15.6.